The first-order valence-electron chi connectivity index (χ1n) is 8.01. The summed E-state index contributed by atoms with van der Waals surface area (Å²) >= 11 is 0. The third-order valence-corrected chi connectivity index (χ3v) is 4.48. The highest BCUT2D eigenvalue weighted by Gasteiger charge is 2.09. The van der Waals surface area contributed by atoms with E-state index in [4.69, 9.17) is 4.74 Å². The van der Waals surface area contributed by atoms with Crippen LogP contribution in [0.1, 0.15) is 16.7 Å². The predicted octanol–water partition coefficient (Wildman–Crippen LogP) is 4.69. The van der Waals surface area contributed by atoms with Crippen molar-refractivity contribution < 1.29 is 4.74 Å². The van der Waals surface area contributed by atoms with Gasteiger partial charge in [-0.25, -0.2) is 0 Å². The lowest BCUT2D eigenvalue weighted by molar-refractivity contribution is 0.414. The van der Waals surface area contributed by atoms with E-state index in [1.807, 2.05) is 30.6 Å². The minimum absolute atomic E-state index is 0.861. The van der Waals surface area contributed by atoms with E-state index in [1.54, 1.807) is 7.11 Å². The van der Waals surface area contributed by atoms with Gasteiger partial charge in [-0.2, -0.15) is 0 Å². The summed E-state index contributed by atoms with van der Waals surface area (Å²) in [4.78, 5) is 9.16. The normalized spacial score (nSPS) is 11.1. The zero-order valence-corrected chi connectivity index (χ0v) is 13.8. The molecule has 0 radical (unpaired) electrons. The lowest BCUT2D eigenvalue weighted by Gasteiger charge is -2.09. The van der Waals surface area contributed by atoms with Gasteiger partial charge in [-0.05, 0) is 54.3 Å². The predicted molar refractivity (Wildman–Crippen MR) is 97.6 cm³/mol. The molecule has 2 heterocycles. The molecular weight excluding hydrogens is 296 g/mol. The minimum Gasteiger partial charge on any atom is -0.497 e. The molecule has 0 atom stereocenters. The van der Waals surface area contributed by atoms with Gasteiger partial charge < -0.3 is 4.74 Å². The highest BCUT2D eigenvalue weighted by Crippen LogP contribution is 2.27. The van der Waals surface area contributed by atoms with E-state index in [0.29, 0.717) is 0 Å². The van der Waals surface area contributed by atoms with Crippen molar-refractivity contribution in [3.63, 3.8) is 0 Å². The Balaban J connectivity index is 1.83. The molecule has 2 aromatic carbocycles. The molecule has 24 heavy (non-hydrogen) atoms. The Hall–Kier alpha value is -2.94. The van der Waals surface area contributed by atoms with E-state index in [9.17, 15) is 0 Å². The number of rotatable bonds is 3. The summed E-state index contributed by atoms with van der Waals surface area (Å²) in [6, 6.07) is 16.7. The number of fused-ring (bicyclic) bond motifs is 3. The van der Waals surface area contributed by atoms with Crippen molar-refractivity contribution in [1.29, 1.82) is 0 Å². The van der Waals surface area contributed by atoms with Crippen LogP contribution >= 0.6 is 0 Å². The van der Waals surface area contributed by atoms with Crippen molar-refractivity contribution in [2.45, 2.75) is 13.3 Å². The molecule has 0 saturated carbocycles. The molecule has 0 fully saturated rings. The van der Waals surface area contributed by atoms with Gasteiger partial charge in [0, 0.05) is 23.2 Å². The van der Waals surface area contributed by atoms with Crippen LogP contribution in [0.2, 0.25) is 0 Å². The average molecular weight is 314 g/mol. The van der Waals surface area contributed by atoms with Crippen molar-refractivity contribution in [3.05, 3.63) is 77.6 Å². The molecule has 0 N–H and O–H groups in total. The number of hydrogen-bond acceptors (Lipinski definition) is 3. The first-order chi connectivity index (χ1) is 11.8. The van der Waals surface area contributed by atoms with Crippen LogP contribution in [0.5, 0.6) is 5.75 Å². The van der Waals surface area contributed by atoms with Gasteiger partial charge in [-0.3, -0.25) is 9.97 Å². The molecule has 0 saturated heterocycles. The number of hydrogen-bond donors (Lipinski definition) is 0. The standard InChI is InChI=1S/C21H18N2O/c1-14-9-11-22-20-18(14)7-8-19-16(10-12-23-21(19)20)13-15-3-5-17(24-2)6-4-15/h3-12H,13H2,1-2H3. The van der Waals surface area contributed by atoms with Crippen molar-refractivity contribution in [3.8, 4) is 5.75 Å². The van der Waals surface area contributed by atoms with E-state index in [2.05, 4.69) is 47.2 Å². The topological polar surface area (TPSA) is 35.0 Å². The number of benzene rings is 2. The summed E-state index contributed by atoms with van der Waals surface area (Å²) in [5.74, 6) is 0.879. The smallest absolute Gasteiger partial charge is 0.118 e. The fourth-order valence-corrected chi connectivity index (χ4v) is 3.14. The fraction of sp³-hybridized carbons (Fsp3) is 0.143. The first kappa shape index (κ1) is 14.6. The molecule has 3 nitrogen and oxygen atoms in total. The van der Waals surface area contributed by atoms with Gasteiger partial charge in [-0.1, -0.05) is 24.3 Å². The SMILES string of the molecule is COc1ccc(Cc2ccnc3c2ccc2c(C)ccnc23)cc1. The molecule has 0 bridgehead atoms. The maximum Gasteiger partial charge on any atom is 0.118 e. The summed E-state index contributed by atoms with van der Waals surface area (Å²) in [6.45, 7) is 2.11. The van der Waals surface area contributed by atoms with Crippen molar-refractivity contribution in [2.24, 2.45) is 0 Å². The van der Waals surface area contributed by atoms with Crippen LogP contribution in [0, 0.1) is 6.92 Å². The van der Waals surface area contributed by atoms with Crippen molar-refractivity contribution >= 4 is 21.8 Å². The molecule has 0 aliphatic carbocycles. The molecular formula is C21H18N2O. The molecule has 0 aliphatic rings. The zero-order valence-electron chi connectivity index (χ0n) is 13.8. The number of methoxy groups -OCH3 is 1. The highest BCUT2D eigenvalue weighted by atomic mass is 16.5. The zero-order chi connectivity index (χ0) is 16.5. The van der Waals surface area contributed by atoms with Gasteiger partial charge in [0.25, 0.3) is 0 Å². The monoisotopic (exact) mass is 314 g/mol. The number of nitrogens with zero attached hydrogens (tertiary/aromatic N) is 2. The van der Waals surface area contributed by atoms with E-state index in [1.165, 1.54) is 27.5 Å². The van der Waals surface area contributed by atoms with Crippen LogP contribution in [0.15, 0.2) is 60.9 Å². The maximum absolute atomic E-state index is 5.23. The summed E-state index contributed by atoms with van der Waals surface area (Å²) < 4.78 is 5.23. The Labute approximate surface area is 140 Å². The Morgan fingerprint density at radius 2 is 1.46 bits per heavy atom. The quantitative estimate of drug-likeness (QED) is 0.515. The maximum atomic E-state index is 5.23. The Bertz CT molecular complexity index is 1020. The number of pyridine rings is 2. The largest absolute Gasteiger partial charge is 0.497 e. The number of ether oxygens (including phenoxy) is 1. The van der Waals surface area contributed by atoms with Crippen LogP contribution in [0.4, 0.5) is 0 Å². The van der Waals surface area contributed by atoms with Crippen molar-refractivity contribution in [2.75, 3.05) is 7.11 Å². The van der Waals surface area contributed by atoms with E-state index < -0.39 is 0 Å². The van der Waals surface area contributed by atoms with Gasteiger partial charge in [0.15, 0.2) is 0 Å². The van der Waals surface area contributed by atoms with Gasteiger partial charge in [0.05, 0.1) is 18.1 Å². The lowest BCUT2D eigenvalue weighted by Crippen LogP contribution is -1.94. The average Bonchev–Trinajstić information content (AvgIpc) is 2.63. The second-order valence-corrected chi connectivity index (χ2v) is 5.98. The van der Waals surface area contributed by atoms with Crippen LogP contribution in [0.3, 0.4) is 0 Å². The van der Waals surface area contributed by atoms with Crippen LogP contribution < -0.4 is 4.74 Å². The Kier molecular flexibility index (Phi) is 3.62. The summed E-state index contributed by atoms with van der Waals surface area (Å²) in [7, 11) is 1.69. The molecule has 4 aromatic rings. The molecule has 4 rings (SSSR count). The first-order valence-corrected chi connectivity index (χ1v) is 8.01. The number of aromatic nitrogens is 2. The van der Waals surface area contributed by atoms with Gasteiger partial charge >= 0.3 is 0 Å². The van der Waals surface area contributed by atoms with Crippen LogP contribution in [0.25, 0.3) is 21.8 Å². The Morgan fingerprint density at radius 3 is 2.21 bits per heavy atom. The summed E-state index contributed by atoms with van der Waals surface area (Å²) in [5, 5.41) is 2.33. The van der Waals surface area contributed by atoms with E-state index in [0.717, 1.165) is 23.2 Å². The van der Waals surface area contributed by atoms with Crippen molar-refractivity contribution in [1.82, 2.24) is 9.97 Å². The fourth-order valence-electron chi connectivity index (χ4n) is 3.14. The molecule has 0 amide bonds. The molecule has 2 aromatic heterocycles. The Morgan fingerprint density at radius 1 is 0.792 bits per heavy atom. The van der Waals surface area contributed by atoms with Crippen LogP contribution in [-0.2, 0) is 6.42 Å². The lowest BCUT2D eigenvalue weighted by atomic mass is 9.99. The second kappa shape index (κ2) is 5.93. The van der Waals surface area contributed by atoms with E-state index in [-0.39, 0.29) is 0 Å². The highest BCUT2D eigenvalue weighted by molar-refractivity contribution is 6.04. The molecule has 3 heteroatoms. The van der Waals surface area contributed by atoms with Gasteiger partial charge in [0.1, 0.15) is 5.75 Å². The van der Waals surface area contributed by atoms with Gasteiger partial charge in [0.2, 0.25) is 0 Å². The van der Waals surface area contributed by atoms with Gasteiger partial charge in [-0.15, -0.1) is 0 Å². The number of aryl methyl sites for hydroxylation is 1. The summed E-state index contributed by atoms with van der Waals surface area (Å²) in [6.07, 6.45) is 4.60. The minimum atomic E-state index is 0.861. The third kappa shape index (κ3) is 2.48. The molecule has 0 unspecified atom stereocenters. The summed E-state index contributed by atoms with van der Waals surface area (Å²) in [5.41, 5.74) is 5.69. The third-order valence-electron chi connectivity index (χ3n) is 4.48. The van der Waals surface area contributed by atoms with E-state index >= 15 is 0 Å². The molecule has 0 spiro atoms. The second-order valence-electron chi connectivity index (χ2n) is 5.98. The molecule has 118 valence electrons. The molecule has 0 aliphatic heterocycles. The van der Waals surface area contributed by atoms with Crippen LogP contribution in [-0.4, -0.2) is 17.1 Å².